The van der Waals surface area contributed by atoms with Gasteiger partial charge in [-0.3, -0.25) is 14.0 Å². The Bertz CT molecular complexity index is 483. The molecule has 0 atom stereocenters. The van der Waals surface area contributed by atoms with Crippen molar-refractivity contribution >= 4 is 6.29 Å². The van der Waals surface area contributed by atoms with E-state index in [1.807, 2.05) is 24.7 Å². The molecule has 0 spiro atoms. The Hall–Kier alpha value is -1.91. The van der Waals surface area contributed by atoms with E-state index in [4.69, 9.17) is 0 Å². The van der Waals surface area contributed by atoms with Gasteiger partial charge in [0.2, 0.25) is 0 Å². The Kier molecular flexibility index (Phi) is 2.37. The lowest BCUT2D eigenvalue weighted by atomic mass is 10.3. The fourth-order valence-electron chi connectivity index (χ4n) is 1.61. The van der Waals surface area contributed by atoms with E-state index in [1.165, 1.54) is 0 Å². The molecule has 15 heavy (non-hydrogen) atoms. The number of imidazole rings is 1. The van der Waals surface area contributed by atoms with Crippen LogP contribution >= 0.6 is 0 Å². The molecule has 0 fully saturated rings. The number of carbonyl (C=O) groups excluding carboxylic acids is 1. The Morgan fingerprint density at radius 3 is 3.00 bits per heavy atom. The van der Waals surface area contributed by atoms with Crippen LogP contribution in [0.4, 0.5) is 0 Å². The summed E-state index contributed by atoms with van der Waals surface area (Å²) in [6.45, 7) is 2.02. The van der Waals surface area contributed by atoms with E-state index < -0.39 is 0 Å². The highest BCUT2D eigenvalue weighted by atomic mass is 16.1. The molecular weight excluding hydrogens is 192 g/mol. The molecule has 0 aromatic carbocycles. The maximum atomic E-state index is 10.8. The van der Waals surface area contributed by atoms with Crippen LogP contribution in [0, 0.1) is 0 Å². The Morgan fingerprint density at radius 1 is 1.53 bits per heavy atom. The summed E-state index contributed by atoms with van der Waals surface area (Å²) in [6, 6.07) is 0. The normalized spacial score (nSPS) is 10.5. The first-order chi connectivity index (χ1) is 7.27. The smallest absolute Gasteiger partial charge is 0.155 e. The standard InChI is InChI=1S/C10H12N4O/c1-3-9-11-4-5-14(9)10-8(7-15)6-12-13(10)2/h4-7H,3H2,1-2H3. The molecule has 0 bridgehead atoms. The van der Waals surface area contributed by atoms with Crippen molar-refractivity contribution in [3.63, 3.8) is 0 Å². The lowest BCUT2D eigenvalue weighted by Crippen LogP contribution is -2.07. The van der Waals surface area contributed by atoms with Crippen molar-refractivity contribution in [2.24, 2.45) is 7.05 Å². The van der Waals surface area contributed by atoms with Gasteiger partial charge < -0.3 is 0 Å². The molecule has 5 heteroatoms. The first kappa shape index (κ1) is 9.64. The zero-order valence-corrected chi connectivity index (χ0v) is 8.71. The molecule has 2 heterocycles. The lowest BCUT2D eigenvalue weighted by molar-refractivity contribution is 0.112. The highest BCUT2D eigenvalue weighted by Crippen LogP contribution is 2.13. The van der Waals surface area contributed by atoms with Crippen LogP contribution in [0.5, 0.6) is 0 Å². The highest BCUT2D eigenvalue weighted by Gasteiger charge is 2.12. The zero-order chi connectivity index (χ0) is 10.8. The van der Waals surface area contributed by atoms with Gasteiger partial charge in [-0.2, -0.15) is 5.10 Å². The molecule has 2 aromatic rings. The first-order valence-electron chi connectivity index (χ1n) is 4.77. The summed E-state index contributed by atoms with van der Waals surface area (Å²) in [4.78, 5) is 15.1. The fourth-order valence-corrected chi connectivity index (χ4v) is 1.61. The summed E-state index contributed by atoms with van der Waals surface area (Å²) in [5, 5.41) is 4.06. The Morgan fingerprint density at radius 2 is 2.33 bits per heavy atom. The van der Waals surface area contributed by atoms with Crippen LogP contribution in [0.25, 0.3) is 5.82 Å². The van der Waals surface area contributed by atoms with Crippen molar-refractivity contribution in [2.45, 2.75) is 13.3 Å². The van der Waals surface area contributed by atoms with Crippen LogP contribution in [0.3, 0.4) is 0 Å². The molecule has 0 N–H and O–H groups in total. The summed E-state index contributed by atoms with van der Waals surface area (Å²) in [6.07, 6.45) is 6.74. The van der Waals surface area contributed by atoms with Gasteiger partial charge in [0, 0.05) is 25.9 Å². The molecular formula is C10H12N4O. The van der Waals surface area contributed by atoms with Crippen LogP contribution in [0.1, 0.15) is 23.1 Å². The number of hydrogen-bond acceptors (Lipinski definition) is 3. The van der Waals surface area contributed by atoms with Crippen molar-refractivity contribution < 1.29 is 4.79 Å². The minimum absolute atomic E-state index is 0.574. The van der Waals surface area contributed by atoms with Gasteiger partial charge in [-0.1, -0.05) is 6.92 Å². The Labute approximate surface area is 87.4 Å². The number of carbonyl (C=O) groups is 1. The second-order valence-electron chi connectivity index (χ2n) is 3.23. The van der Waals surface area contributed by atoms with Gasteiger partial charge in [0.1, 0.15) is 11.6 Å². The van der Waals surface area contributed by atoms with E-state index in [0.717, 1.165) is 24.3 Å². The molecule has 0 aliphatic heterocycles. The van der Waals surface area contributed by atoms with Gasteiger partial charge in [-0.25, -0.2) is 4.98 Å². The number of aldehydes is 1. The fraction of sp³-hybridized carbons (Fsp3) is 0.300. The predicted octanol–water partition coefficient (Wildman–Crippen LogP) is 0.981. The molecule has 0 radical (unpaired) electrons. The lowest BCUT2D eigenvalue weighted by Gasteiger charge is -2.07. The number of hydrogen-bond donors (Lipinski definition) is 0. The van der Waals surface area contributed by atoms with Crippen LogP contribution in [-0.4, -0.2) is 25.6 Å². The third-order valence-electron chi connectivity index (χ3n) is 2.32. The number of nitrogens with zero attached hydrogens (tertiary/aromatic N) is 4. The number of aromatic nitrogens is 4. The molecule has 0 aliphatic rings. The summed E-state index contributed by atoms with van der Waals surface area (Å²) in [5.41, 5.74) is 0.574. The maximum absolute atomic E-state index is 10.8. The van der Waals surface area contributed by atoms with Gasteiger partial charge in [-0.15, -0.1) is 0 Å². The average Bonchev–Trinajstić information content (AvgIpc) is 2.82. The van der Waals surface area contributed by atoms with Gasteiger partial charge >= 0.3 is 0 Å². The SMILES string of the molecule is CCc1nccn1-c1c(C=O)cnn1C. The van der Waals surface area contributed by atoms with Crippen LogP contribution < -0.4 is 0 Å². The molecule has 2 rings (SSSR count). The van der Waals surface area contributed by atoms with E-state index >= 15 is 0 Å². The van der Waals surface area contributed by atoms with Gasteiger partial charge in [0.05, 0.1) is 11.8 Å². The second kappa shape index (κ2) is 3.68. The van der Waals surface area contributed by atoms with Gasteiger partial charge in [0.15, 0.2) is 6.29 Å². The number of aryl methyl sites for hydroxylation is 2. The van der Waals surface area contributed by atoms with Gasteiger partial charge in [-0.05, 0) is 0 Å². The molecule has 2 aromatic heterocycles. The first-order valence-corrected chi connectivity index (χ1v) is 4.77. The summed E-state index contributed by atoms with van der Waals surface area (Å²) >= 11 is 0. The van der Waals surface area contributed by atoms with E-state index in [2.05, 4.69) is 10.1 Å². The minimum Gasteiger partial charge on any atom is -0.298 e. The molecule has 78 valence electrons. The number of rotatable bonds is 3. The van der Waals surface area contributed by atoms with E-state index in [-0.39, 0.29) is 0 Å². The van der Waals surface area contributed by atoms with Crippen molar-refractivity contribution in [1.82, 2.24) is 19.3 Å². The third kappa shape index (κ3) is 1.45. The van der Waals surface area contributed by atoms with Crippen LogP contribution in [0.15, 0.2) is 18.6 Å². The largest absolute Gasteiger partial charge is 0.298 e. The van der Waals surface area contributed by atoms with Gasteiger partial charge in [0.25, 0.3) is 0 Å². The van der Waals surface area contributed by atoms with Crippen LogP contribution in [0.2, 0.25) is 0 Å². The quantitative estimate of drug-likeness (QED) is 0.700. The van der Waals surface area contributed by atoms with Crippen LogP contribution in [-0.2, 0) is 13.5 Å². The monoisotopic (exact) mass is 204 g/mol. The summed E-state index contributed by atoms with van der Waals surface area (Å²) in [5.74, 6) is 1.68. The molecule has 0 saturated heterocycles. The zero-order valence-electron chi connectivity index (χ0n) is 8.71. The predicted molar refractivity (Wildman–Crippen MR) is 55.1 cm³/mol. The minimum atomic E-state index is 0.574. The molecule has 0 unspecified atom stereocenters. The molecule has 0 saturated carbocycles. The molecule has 5 nitrogen and oxygen atoms in total. The maximum Gasteiger partial charge on any atom is 0.155 e. The van der Waals surface area contributed by atoms with Crippen molar-refractivity contribution in [3.8, 4) is 5.82 Å². The molecule has 0 aliphatic carbocycles. The van der Waals surface area contributed by atoms with E-state index in [0.29, 0.717) is 5.56 Å². The topological polar surface area (TPSA) is 52.7 Å². The summed E-state index contributed by atoms with van der Waals surface area (Å²) in [7, 11) is 1.81. The van der Waals surface area contributed by atoms with E-state index in [9.17, 15) is 4.79 Å². The Balaban J connectivity index is 2.62. The second-order valence-corrected chi connectivity index (χ2v) is 3.23. The van der Waals surface area contributed by atoms with Crippen molar-refractivity contribution in [1.29, 1.82) is 0 Å². The summed E-state index contributed by atoms with van der Waals surface area (Å²) < 4.78 is 3.56. The van der Waals surface area contributed by atoms with Crippen molar-refractivity contribution in [2.75, 3.05) is 0 Å². The van der Waals surface area contributed by atoms with E-state index in [1.54, 1.807) is 17.1 Å². The third-order valence-corrected chi connectivity index (χ3v) is 2.32. The highest BCUT2D eigenvalue weighted by molar-refractivity contribution is 5.79. The molecule has 0 amide bonds. The average molecular weight is 204 g/mol. The van der Waals surface area contributed by atoms with Crippen molar-refractivity contribution in [3.05, 3.63) is 30.0 Å².